The molecular weight excluding hydrogens is 244 g/mol. The Bertz CT molecular complexity index is 193. The standard InChI is InChI=1S/C10H21BrN2O/c1-10(2,7-12(3)4)8-13(5)9(14)6-11/h6-8H2,1-5H3. The molecule has 0 unspecified atom stereocenters. The topological polar surface area (TPSA) is 23.6 Å². The average Bonchev–Trinajstić information content (AvgIpc) is 1.99. The van der Waals surface area contributed by atoms with Crippen LogP contribution in [0.4, 0.5) is 0 Å². The van der Waals surface area contributed by atoms with Gasteiger partial charge in [-0.05, 0) is 19.5 Å². The van der Waals surface area contributed by atoms with E-state index in [1.165, 1.54) is 0 Å². The zero-order valence-electron chi connectivity index (χ0n) is 9.80. The monoisotopic (exact) mass is 264 g/mol. The van der Waals surface area contributed by atoms with E-state index in [0.717, 1.165) is 13.1 Å². The molecule has 0 saturated heterocycles. The first-order chi connectivity index (χ1) is 6.28. The lowest BCUT2D eigenvalue weighted by Crippen LogP contribution is -2.41. The van der Waals surface area contributed by atoms with Crippen LogP contribution >= 0.6 is 15.9 Å². The SMILES string of the molecule is CN(C)CC(C)(C)CN(C)C(=O)CBr. The van der Waals surface area contributed by atoms with E-state index in [0.29, 0.717) is 5.33 Å². The lowest BCUT2D eigenvalue weighted by Gasteiger charge is -2.32. The van der Waals surface area contributed by atoms with Gasteiger partial charge in [0.15, 0.2) is 0 Å². The number of alkyl halides is 1. The number of amides is 1. The summed E-state index contributed by atoms with van der Waals surface area (Å²) in [5.41, 5.74) is 0.135. The van der Waals surface area contributed by atoms with E-state index in [-0.39, 0.29) is 11.3 Å². The van der Waals surface area contributed by atoms with Gasteiger partial charge >= 0.3 is 0 Å². The lowest BCUT2D eigenvalue weighted by atomic mass is 9.92. The van der Waals surface area contributed by atoms with Gasteiger partial charge in [-0.25, -0.2) is 0 Å². The maximum Gasteiger partial charge on any atom is 0.232 e. The van der Waals surface area contributed by atoms with Crippen molar-refractivity contribution in [3.05, 3.63) is 0 Å². The predicted octanol–water partition coefficient (Wildman–Crippen LogP) is 1.43. The highest BCUT2D eigenvalue weighted by atomic mass is 79.9. The quantitative estimate of drug-likeness (QED) is 0.702. The summed E-state index contributed by atoms with van der Waals surface area (Å²) in [7, 11) is 5.95. The van der Waals surface area contributed by atoms with Crippen LogP contribution in [-0.4, -0.2) is 55.3 Å². The minimum absolute atomic E-state index is 0.135. The Kier molecular flexibility index (Phi) is 5.67. The largest absolute Gasteiger partial charge is 0.344 e. The zero-order chi connectivity index (χ0) is 11.4. The third-order valence-corrected chi connectivity index (χ3v) is 2.43. The molecule has 0 radical (unpaired) electrons. The van der Waals surface area contributed by atoms with Gasteiger partial charge in [0.25, 0.3) is 0 Å². The van der Waals surface area contributed by atoms with Crippen molar-refractivity contribution >= 4 is 21.8 Å². The highest BCUT2D eigenvalue weighted by Crippen LogP contribution is 2.17. The number of carbonyl (C=O) groups is 1. The first-order valence-corrected chi connectivity index (χ1v) is 5.85. The second kappa shape index (κ2) is 5.71. The third kappa shape index (κ3) is 5.60. The van der Waals surface area contributed by atoms with Gasteiger partial charge in [-0.3, -0.25) is 4.79 Å². The van der Waals surface area contributed by atoms with Gasteiger partial charge in [-0.15, -0.1) is 0 Å². The van der Waals surface area contributed by atoms with Gasteiger partial charge in [-0.2, -0.15) is 0 Å². The summed E-state index contributed by atoms with van der Waals surface area (Å²) in [6, 6.07) is 0. The first-order valence-electron chi connectivity index (χ1n) is 4.73. The summed E-state index contributed by atoms with van der Waals surface area (Å²) in [6.07, 6.45) is 0. The van der Waals surface area contributed by atoms with E-state index < -0.39 is 0 Å². The Labute approximate surface area is 95.6 Å². The van der Waals surface area contributed by atoms with Gasteiger partial charge in [0.2, 0.25) is 5.91 Å². The molecule has 0 saturated carbocycles. The first kappa shape index (κ1) is 13.9. The van der Waals surface area contributed by atoms with E-state index in [4.69, 9.17) is 0 Å². The Hall–Kier alpha value is -0.0900. The second-order valence-electron chi connectivity index (χ2n) is 4.79. The number of halogens is 1. The fraction of sp³-hybridized carbons (Fsp3) is 0.900. The molecule has 3 nitrogen and oxygen atoms in total. The average molecular weight is 265 g/mol. The van der Waals surface area contributed by atoms with Gasteiger partial charge in [0.05, 0.1) is 5.33 Å². The van der Waals surface area contributed by atoms with E-state index in [9.17, 15) is 4.79 Å². The molecule has 0 atom stereocenters. The van der Waals surface area contributed by atoms with Crippen LogP contribution in [0.15, 0.2) is 0 Å². The van der Waals surface area contributed by atoms with Crippen LogP contribution in [0.25, 0.3) is 0 Å². The van der Waals surface area contributed by atoms with Gasteiger partial charge in [0.1, 0.15) is 0 Å². The molecular formula is C10H21BrN2O. The van der Waals surface area contributed by atoms with Gasteiger partial charge in [-0.1, -0.05) is 29.8 Å². The summed E-state index contributed by atoms with van der Waals surface area (Å²) in [5.74, 6) is 0.136. The van der Waals surface area contributed by atoms with Crippen LogP contribution < -0.4 is 0 Å². The Morgan fingerprint density at radius 3 is 2.07 bits per heavy atom. The minimum atomic E-state index is 0.135. The Morgan fingerprint density at radius 2 is 1.71 bits per heavy atom. The highest BCUT2D eigenvalue weighted by molar-refractivity contribution is 9.09. The van der Waals surface area contributed by atoms with Crippen molar-refractivity contribution in [1.82, 2.24) is 9.80 Å². The van der Waals surface area contributed by atoms with Crippen LogP contribution in [0.2, 0.25) is 0 Å². The maximum atomic E-state index is 11.3. The number of hydrogen-bond acceptors (Lipinski definition) is 2. The molecule has 4 heteroatoms. The molecule has 0 aliphatic rings. The molecule has 0 aliphatic carbocycles. The van der Waals surface area contributed by atoms with Crippen LogP contribution in [0.3, 0.4) is 0 Å². The molecule has 0 heterocycles. The summed E-state index contributed by atoms with van der Waals surface area (Å²) in [6.45, 7) is 6.11. The van der Waals surface area contributed by atoms with Crippen molar-refractivity contribution in [3.63, 3.8) is 0 Å². The molecule has 0 fully saturated rings. The highest BCUT2D eigenvalue weighted by Gasteiger charge is 2.22. The van der Waals surface area contributed by atoms with Crippen LogP contribution in [0.5, 0.6) is 0 Å². The molecule has 0 bridgehead atoms. The van der Waals surface area contributed by atoms with E-state index in [2.05, 4.69) is 34.7 Å². The molecule has 0 spiro atoms. The smallest absolute Gasteiger partial charge is 0.232 e. The zero-order valence-corrected chi connectivity index (χ0v) is 11.4. The normalized spacial score (nSPS) is 11.9. The fourth-order valence-corrected chi connectivity index (χ4v) is 2.17. The number of rotatable bonds is 5. The molecule has 0 aromatic carbocycles. The molecule has 0 aromatic heterocycles. The number of hydrogen-bond donors (Lipinski definition) is 0. The molecule has 0 rings (SSSR count). The molecule has 1 amide bonds. The summed E-state index contributed by atoms with van der Waals surface area (Å²) in [5, 5.41) is 0.404. The molecule has 84 valence electrons. The molecule has 0 aromatic rings. The maximum absolute atomic E-state index is 11.3. The van der Waals surface area contributed by atoms with E-state index in [1.54, 1.807) is 4.90 Å². The molecule has 0 aliphatic heterocycles. The summed E-state index contributed by atoms with van der Waals surface area (Å²) in [4.78, 5) is 15.3. The lowest BCUT2D eigenvalue weighted by molar-refractivity contribution is -0.128. The van der Waals surface area contributed by atoms with Crippen LogP contribution in [0, 0.1) is 5.41 Å². The van der Waals surface area contributed by atoms with E-state index in [1.807, 2.05) is 21.1 Å². The second-order valence-corrected chi connectivity index (χ2v) is 5.35. The van der Waals surface area contributed by atoms with Crippen molar-refractivity contribution in [1.29, 1.82) is 0 Å². The van der Waals surface area contributed by atoms with Gasteiger partial charge < -0.3 is 9.80 Å². The minimum Gasteiger partial charge on any atom is -0.344 e. The fourth-order valence-electron chi connectivity index (χ4n) is 1.74. The van der Waals surface area contributed by atoms with Crippen molar-refractivity contribution in [2.75, 3.05) is 39.6 Å². The number of carbonyl (C=O) groups excluding carboxylic acids is 1. The molecule has 14 heavy (non-hydrogen) atoms. The van der Waals surface area contributed by atoms with E-state index >= 15 is 0 Å². The summed E-state index contributed by atoms with van der Waals surface area (Å²) >= 11 is 3.17. The van der Waals surface area contributed by atoms with Crippen molar-refractivity contribution in [2.24, 2.45) is 5.41 Å². The number of nitrogens with zero attached hydrogens (tertiary/aromatic N) is 2. The van der Waals surface area contributed by atoms with Crippen LogP contribution in [0.1, 0.15) is 13.8 Å². The predicted molar refractivity (Wildman–Crippen MR) is 63.8 cm³/mol. The van der Waals surface area contributed by atoms with Crippen LogP contribution in [-0.2, 0) is 4.79 Å². The van der Waals surface area contributed by atoms with Crippen molar-refractivity contribution in [3.8, 4) is 0 Å². The summed E-state index contributed by atoms with van der Waals surface area (Å²) < 4.78 is 0. The Morgan fingerprint density at radius 1 is 1.21 bits per heavy atom. The molecule has 0 N–H and O–H groups in total. The third-order valence-electron chi connectivity index (χ3n) is 1.95. The Balaban J connectivity index is 4.14. The van der Waals surface area contributed by atoms with Crippen molar-refractivity contribution in [2.45, 2.75) is 13.8 Å². The van der Waals surface area contributed by atoms with Crippen molar-refractivity contribution < 1.29 is 4.79 Å². The van der Waals surface area contributed by atoms with Gasteiger partial charge in [0, 0.05) is 20.1 Å².